The second-order valence-electron chi connectivity index (χ2n) is 18.9. The lowest BCUT2D eigenvalue weighted by atomic mass is 9.65. The van der Waals surface area contributed by atoms with Gasteiger partial charge in [0.2, 0.25) is 11.8 Å². The van der Waals surface area contributed by atoms with Crippen molar-refractivity contribution in [3.63, 3.8) is 0 Å². The Hall–Kier alpha value is -5.62. The summed E-state index contributed by atoms with van der Waals surface area (Å²) in [7, 11) is 0. The molecule has 5 aliphatic heterocycles. The highest BCUT2D eigenvalue weighted by Gasteiger charge is 2.51. The normalized spacial score (nSPS) is 25.0. The Bertz CT molecular complexity index is 2500. The van der Waals surface area contributed by atoms with Crippen LogP contribution in [-0.2, 0) is 9.59 Å². The maximum atomic E-state index is 14.3. The number of nitrogens with one attached hydrogen (secondary N) is 2. The summed E-state index contributed by atoms with van der Waals surface area (Å²) in [6.45, 7) is 14.8. The monoisotopic (exact) mass is 902 g/mol. The molecule has 8 heterocycles. The van der Waals surface area contributed by atoms with Gasteiger partial charge in [-0.25, -0.2) is 4.98 Å². The predicted octanol–water partition coefficient (Wildman–Crippen LogP) is 5.16. The molecule has 4 N–H and O–H groups in total. The minimum Gasteiger partial charge on any atom is -0.507 e. The molecule has 1 aliphatic carbocycles. The zero-order valence-corrected chi connectivity index (χ0v) is 38.2. The Labute approximate surface area is 383 Å². The molecule has 4 unspecified atom stereocenters. The lowest BCUT2D eigenvalue weighted by Crippen LogP contribution is -2.69. The number of fused-ring (bicyclic) bond motifs is 5. The molecular formula is C48H58N10O6S. The number of amides is 2. The van der Waals surface area contributed by atoms with Crippen LogP contribution in [0.25, 0.3) is 21.7 Å². The van der Waals surface area contributed by atoms with E-state index in [9.17, 15) is 19.8 Å². The Morgan fingerprint density at radius 3 is 2.55 bits per heavy atom. The molecule has 2 amide bonds. The number of β-amino-alcohol motifs (C(OH)–C–C–N with tert-alkyl or cyclic N) is 1. The first-order valence-corrected chi connectivity index (χ1v) is 23.9. The number of thiazole rings is 1. The number of nitrogens with zero attached hydrogens (tertiary/aromatic N) is 8. The number of hydrogen-bond acceptors (Lipinski definition) is 15. The van der Waals surface area contributed by atoms with Gasteiger partial charge in [-0.2, -0.15) is 0 Å². The number of piperazine rings is 1. The quantitative estimate of drug-likeness (QED) is 0.121. The first kappa shape index (κ1) is 43.3. The van der Waals surface area contributed by atoms with Crippen LogP contribution in [0.1, 0.15) is 62.6 Å². The van der Waals surface area contributed by atoms with E-state index >= 15 is 0 Å². The maximum Gasteiger partial charge on any atom is 0.254 e. The third-order valence-electron chi connectivity index (χ3n) is 14.3. The molecular weight excluding hydrogens is 845 g/mol. The van der Waals surface area contributed by atoms with E-state index in [0.29, 0.717) is 53.4 Å². The largest absolute Gasteiger partial charge is 0.507 e. The first-order valence-electron chi connectivity index (χ1n) is 23.0. The maximum absolute atomic E-state index is 14.3. The minimum atomic E-state index is -0.818. The van der Waals surface area contributed by atoms with Crippen LogP contribution in [0.2, 0.25) is 0 Å². The average molecular weight is 903 g/mol. The van der Waals surface area contributed by atoms with Gasteiger partial charge < -0.3 is 39.9 Å². The number of hydrogen-bond donors (Lipinski definition) is 4. The fraction of sp³-hybridized carbons (Fsp3) is 0.500. The van der Waals surface area contributed by atoms with E-state index in [1.807, 2.05) is 75.7 Å². The zero-order chi connectivity index (χ0) is 44.9. The van der Waals surface area contributed by atoms with Gasteiger partial charge in [0.25, 0.3) is 5.88 Å². The van der Waals surface area contributed by atoms with Crippen molar-refractivity contribution in [2.24, 2.45) is 17.8 Å². The van der Waals surface area contributed by atoms with Crippen LogP contribution in [-0.4, -0.2) is 140 Å². The van der Waals surface area contributed by atoms with E-state index in [4.69, 9.17) is 9.26 Å². The van der Waals surface area contributed by atoms with E-state index in [-0.39, 0.29) is 42.5 Å². The molecule has 5 fully saturated rings. The Morgan fingerprint density at radius 2 is 1.80 bits per heavy atom. The number of benzene rings is 2. The predicted molar refractivity (Wildman–Crippen MR) is 247 cm³/mol. The number of aryl methyl sites for hydroxylation is 1. The van der Waals surface area contributed by atoms with Gasteiger partial charge >= 0.3 is 0 Å². The van der Waals surface area contributed by atoms with Crippen LogP contribution in [0.15, 0.2) is 70.7 Å². The number of aromatic hydroxyl groups is 1. The van der Waals surface area contributed by atoms with Gasteiger partial charge in [-0.1, -0.05) is 50.2 Å². The number of rotatable bonds is 13. The van der Waals surface area contributed by atoms with Crippen LogP contribution in [0, 0.1) is 24.7 Å². The summed E-state index contributed by atoms with van der Waals surface area (Å²) < 4.78 is 11.9. The van der Waals surface area contributed by atoms with Gasteiger partial charge in [-0.15, -0.1) is 21.5 Å². The number of ether oxygens (including phenoxy) is 1. The highest BCUT2D eigenvalue weighted by atomic mass is 32.1. The lowest BCUT2D eigenvalue weighted by Gasteiger charge is -2.60. The summed E-state index contributed by atoms with van der Waals surface area (Å²) in [5.74, 6) is 1.49. The molecule has 2 bridgehead atoms. The molecule has 16 nitrogen and oxygen atoms in total. The van der Waals surface area contributed by atoms with Crippen molar-refractivity contribution >= 4 is 34.7 Å². The molecule has 4 saturated heterocycles. The third kappa shape index (κ3) is 8.54. The number of carbonyl (C=O) groups is 2. The van der Waals surface area contributed by atoms with Crippen molar-refractivity contribution in [2.75, 3.05) is 69.2 Å². The standard InChI is InChI=1S/C48H58N10O6S/c1-27(2)43(48(62)58-25-35(59)18-39(58)47(61)51-28(3)30-9-11-31(12-10-30)45-29(4)50-26-65-45)41-20-42(54-64-41)63-16-15-55-22-32-17-33(23-55)44(32)56-13-14-57-34(24-56)21-49-46-38(57)19-37(52-53-46)36-7-5-6-8-40(36)60/h5-12,19-20,26-28,32-35,39,43-44,59-60H,13-18,21-25H2,1-4H3,(H,49,53)(H,51,61)/t28?,32?,33?,34-,35-,39+,43?,44?/m1/s1. The van der Waals surface area contributed by atoms with Crippen molar-refractivity contribution in [3.8, 4) is 33.3 Å². The molecule has 17 heteroatoms. The van der Waals surface area contributed by atoms with Crippen LogP contribution < -0.4 is 20.3 Å². The SMILES string of the molecule is Cc1ncsc1-c1ccc(C(C)NC(=O)[C@@H]2C[C@@H](O)CN2C(=O)C(c2cc(OCCN3CC4CC(C3)C4N3CCN4c5cc(-c6ccccc6O)nnc5NC[C@@H]4C3)no2)C(C)C)cc1. The molecule has 5 aromatic rings. The summed E-state index contributed by atoms with van der Waals surface area (Å²) in [6, 6.07) is 18.9. The van der Waals surface area contributed by atoms with Crippen LogP contribution in [0.3, 0.4) is 0 Å². The molecule has 0 spiro atoms. The van der Waals surface area contributed by atoms with E-state index in [0.717, 1.165) is 79.0 Å². The molecule has 11 rings (SSSR count). The molecule has 0 radical (unpaired) electrons. The Balaban J connectivity index is 0.705. The van der Waals surface area contributed by atoms with E-state index in [1.165, 1.54) is 11.3 Å². The molecule has 1 saturated carbocycles. The van der Waals surface area contributed by atoms with Gasteiger partial charge in [0.1, 0.15) is 24.3 Å². The molecule has 2 aromatic carbocycles. The average Bonchev–Trinajstić information content (AvgIpc) is 4.06. The summed E-state index contributed by atoms with van der Waals surface area (Å²) >= 11 is 1.60. The number of likely N-dealkylation sites (tertiary alicyclic amines) is 1. The smallest absolute Gasteiger partial charge is 0.254 e. The highest BCUT2D eigenvalue weighted by Crippen LogP contribution is 2.45. The van der Waals surface area contributed by atoms with Crippen LogP contribution in [0.5, 0.6) is 11.6 Å². The number of aromatic nitrogens is 4. The Morgan fingerprint density at radius 1 is 1.00 bits per heavy atom. The number of aliphatic hydroxyl groups is 1. The Kier molecular flexibility index (Phi) is 12.0. The summed E-state index contributed by atoms with van der Waals surface area (Å²) in [5.41, 5.74) is 7.23. The fourth-order valence-electron chi connectivity index (χ4n) is 11.0. The number of phenols is 1. The van der Waals surface area contributed by atoms with Crippen LogP contribution in [0.4, 0.5) is 11.5 Å². The fourth-order valence-corrected chi connectivity index (χ4v) is 11.8. The first-order chi connectivity index (χ1) is 31.5. The molecule has 3 aromatic heterocycles. The topological polar surface area (TPSA) is 186 Å². The number of para-hydroxylation sites is 1. The van der Waals surface area contributed by atoms with Crippen molar-refractivity contribution < 1.29 is 29.1 Å². The number of phenolic OH excluding ortho intramolecular Hbond substituents is 1. The van der Waals surface area contributed by atoms with E-state index in [2.05, 4.69) is 51.7 Å². The summed E-state index contributed by atoms with van der Waals surface area (Å²) in [5, 5.41) is 40.9. The third-order valence-corrected chi connectivity index (χ3v) is 15.3. The molecule has 7 atom stereocenters. The van der Waals surface area contributed by atoms with Gasteiger partial charge in [0.15, 0.2) is 11.6 Å². The van der Waals surface area contributed by atoms with Crippen molar-refractivity contribution in [2.45, 2.75) is 76.7 Å². The van der Waals surface area contributed by atoms with Gasteiger partial charge in [0.05, 0.1) is 45.7 Å². The van der Waals surface area contributed by atoms with Gasteiger partial charge in [-0.05, 0) is 72.5 Å². The number of piperidine rings is 2. The van der Waals surface area contributed by atoms with Gasteiger partial charge in [-0.3, -0.25) is 19.4 Å². The molecule has 6 aliphatic rings. The van der Waals surface area contributed by atoms with Gasteiger partial charge in [0, 0.05) is 76.5 Å². The van der Waals surface area contributed by atoms with E-state index < -0.39 is 18.1 Å². The molecule has 65 heavy (non-hydrogen) atoms. The zero-order valence-electron chi connectivity index (χ0n) is 37.3. The number of aliphatic hydroxyl groups excluding tert-OH is 1. The molecule has 342 valence electrons. The second kappa shape index (κ2) is 18.0. The van der Waals surface area contributed by atoms with Crippen LogP contribution >= 0.6 is 11.3 Å². The summed E-state index contributed by atoms with van der Waals surface area (Å²) in [4.78, 5) is 42.6. The minimum absolute atomic E-state index is 0.0639. The summed E-state index contributed by atoms with van der Waals surface area (Å²) in [6.07, 6.45) is 0.596. The van der Waals surface area contributed by atoms with Crippen molar-refractivity contribution in [1.29, 1.82) is 0 Å². The number of carbonyl (C=O) groups excluding carboxylic acids is 2. The van der Waals surface area contributed by atoms with Crippen molar-refractivity contribution in [3.05, 3.63) is 83.2 Å². The highest BCUT2D eigenvalue weighted by molar-refractivity contribution is 7.13. The lowest BCUT2D eigenvalue weighted by molar-refractivity contribution is -0.141. The second-order valence-corrected chi connectivity index (χ2v) is 19.7. The van der Waals surface area contributed by atoms with Crippen molar-refractivity contribution in [1.82, 2.24) is 40.4 Å². The van der Waals surface area contributed by atoms with E-state index in [1.54, 1.807) is 23.5 Å². The number of anilines is 2.